The number of rotatable bonds is 2. The zero-order valence-corrected chi connectivity index (χ0v) is 11.4. The lowest BCUT2D eigenvalue weighted by atomic mass is 10.3. The summed E-state index contributed by atoms with van der Waals surface area (Å²) in [6.45, 7) is 2.53. The van der Waals surface area contributed by atoms with Crippen LogP contribution in [-0.4, -0.2) is 41.7 Å². The summed E-state index contributed by atoms with van der Waals surface area (Å²) in [6.07, 6.45) is 3.04. The number of amides is 1. The summed E-state index contributed by atoms with van der Waals surface area (Å²) in [5.74, 6) is -0.00625. The maximum absolute atomic E-state index is 12.0. The lowest BCUT2D eigenvalue weighted by Gasteiger charge is -2.27. The van der Waals surface area contributed by atoms with Gasteiger partial charge < -0.3 is 19.9 Å². The predicted octanol–water partition coefficient (Wildman–Crippen LogP) is 0.0518. The number of nitrogens with two attached hydrogens (primary N) is 1. The molecule has 6 nitrogen and oxygen atoms in total. The van der Waals surface area contributed by atoms with E-state index in [1.807, 2.05) is 0 Å². The second-order valence-electron chi connectivity index (χ2n) is 4.06. The van der Waals surface area contributed by atoms with E-state index in [0.29, 0.717) is 30.8 Å². The first kappa shape index (κ1) is 13.1. The van der Waals surface area contributed by atoms with Crippen molar-refractivity contribution < 1.29 is 9.53 Å². The van der Waals surface area contributed by atoms with Gasteiger partial charge in [-0.3, -0.25) is 9.59 Å². The van der Waals surface area contributed by atoms with E-state index in [9.17, 15) is 9.59 Å². The molecule has 7 heteroatoms. The topological polar surface area (TPSA) is 77.6 Å². The van der Waals surface area contributed by atoms with Crippen LogP contribution in [0.15, 0.2) is 21.7 Å². The van der Waals surface area contributed by atoms with Gasteiger partial charge in [0.1, 0.15) is 6.54 Å². The number of ether oxygens (including phenoxy) is 1. The Morgan fingerprint density at radius 3 is 2.67 bits per heavy atom. The number of carbonyl (C=O) groups excluding carboxylic acids is 1. The minimum Gasteiger partial charge on any atom is -0.394 e. The van der Waals surface area contributed by atoms with Crippen LogP contribution in [0.5, 0.6) is 0 Å². The van der Waals surface area contributed by atoms with Gasteiger partial charge in [-0.1, -0.05) is 0 Å². The number of morpholine rings is 1. The molecule has 18 heavy (non-hydrogen) atoms. The predicted molar refractivity (Wildman–Crippen MR) is 70.2 cm³/mol. The lowest BCUT2D eigenvalue weighted by Crippen LogP contribution is -2.42. The molecule has 1 fully saturated rings. The van der Waals surface area contributed by atoms with E-state index in [1.165, 1.54) is 6.20 Å². The monoisotopic (exact) mass is 315 g/mol. The van der Waals surface area contributed by atoms with Crippen molar-refractivity contribution in [2.24, 2.45) is 0 Å². The number of pyridine rings is 1. The number of hydrogen-bond acceptors (Lipinski definition) is 4. The summed E-state index contributed by atoms with van der Waals surface area (Å²) in [4.78, 5) is 25.1. The van der Waals surface area contributed by atoms with E-state index >= 15 is 0 Å². The minimum atomic E-state index is -0.259. The summed E-state index contributed by atoms with van der Waals surface area (Å²) in [7, 11) is 0. The Hall–Kier alpha value is -1.34. The molecule has 0 saturated carbocycles. The van der Waals surface area contributed by atoms with E-state index in [1.54, 1.807) is 15.7 Å². The van der Waals surface area contributed by atoms with Crippen molar-refractivity contribution in [1.29, 1.82) is 0 Å². The van der Waals surface area contributed by atoms with Crippen LogP contribution in [0.2, 0.25) is 0 Å². The second kappa shape index (κ2) is 5.53. The van der Waals surface area contributed by atoms with Crippen LogP contribution >= 0.6 is 15.9 Å². The van der Waals surface area contributed by atoms with Gasteiger partial charge in [0, 0.05) is 25.5 Å². The van der Waals surface area contributed by atoms with E-state index in [0.717, 1.165) is 0 Å². The van der Waals surface area contributed by atoms with Gasteiger partial charge in [0.25, 0.3) is 0 Å². The Labute approximate surface area is 112 Å². The molecule has 0 spiro atoms. The lowest BCUT2D eigenvalue weighted by molar-refractivity contribution is -0.135. The molecule has 0 atom stereocenters. The molecule has 0 unspecified atom stereocenters. The molecular weight excluding hydrogens is 302 g/mol. The Balaban J connectivity index is 2.09. The molecule has 1 saturated heterocycles. The molecule has 0 aliphatic carbocycles. The number of aromatic nitrogens is 1. The van der Waals surface area contributed by atoms with Crippen molar-refractivity contribution in [2.75, 3.05) is 32.0 Å². The molecule has 0 aromatic carbocycles. The Bertz CT molecular complexity index is 482. The third-order valence-electron chi connectivity index (χ3n) is 2.74. The van der Waals surface area contributed by atoms with Crippen molar-refractivity contribution >= 4 is 27.5 Å². The van der Waals surface area contributed by atoms with Crippen LogP contribution in [0.1, 0.15) is 0 Å². The minimum absolute atomic E-state index is 0.00625. The summed E-state index contributed by atoms with van der Waals surface area (Å²) in [6, 6.07) is 0. The fraction of sp³-hybridized carbons (Fsp3) is 0.455. The Morgan fingerprint density at radius 1 is 1.39 bits per heavy atom. The molecule has 0 radical (unpaired) electrons. The largest absolute Gasteiger partial charge is 0.394 e. The van der Waals surface area contributed by atoms with E-state index in [2.05, 4.69) is 15.9 Å². The molecule has 1 aliphatic heterocycles. The normalized spacial score (nSPS) is 15.7. The fourth-order valence-electron chi connectivity index (χ4n) is 1.78. The number of hydrogen-bond donors (Lipinski definition) is 1. The zero-order valence-electron chi connectivity index (χ0n) is 9.76. The molecule has 2 heterocycles. The fourth-order valence-corrected chi connectivity index (χ4v) is 2.27. The molecule has 2 N–H and O–H groups in total. The summed E-state index contributed by atoms with van der Waals surface area (Å²) in [5, 5.41) is 0. The maximum atomic E-state index is 12.0. The highest BCUT2D eigenvalue weighted by atomic mass is 79.9. The van der Waals surface area contributed by atoms with Gasteiger partial charge >= 0.3 is 0 Å². The van der Waals surface area contributed by atoms with Crippen molar-refractivity contribution in [3.8, 4) is 0 Å². The molecule has 1 aliphatic rings. The van der Waals surface area contributed by atoms with Crippen LogP contribution in [0.3, 0.4) is 0 Å². The molecule has 2 rings (SSSR count). The standard InChI is InChI=1S/C11H14BrN3O3/c12-8-5-14(6-9(13)11(8)17)7-10(16)15-1-3-18-4-2-15/h5-6H,1-4,7,13H2. The summed E-state index contributed by atoms with van der Waals surface area (Å²) in [5.41, 5.74) is 5.43. The maximum Gasteiger partial charge on any atom is 0.242 e. The first-order chi connectivity index (χ1) is 8.58. The second-order valence-corrected chi connectivity index (χ2v) is 4.91. The SMILES string of the molecule is Nc1cn(CC(=O)N2CCOCC2)cc(Br)c1=O. The highest BCUT2D eigenvalue weighted by Crippen LogP contribution is 2.07. The average molecular weight is 316 g/mol. The first-order valence-corrected chi connectivity index (χ1v) is 6.38. The summed E-state index contributed by atoms with van der Waals surface area (Å²) >= 11 is 3.12. The number of carbonyl (C=O) groups is 1. The van der Waals surface area contributed by atoms with Gasteiger partial charge in [-0.05, 0) is 15.9 Å². The van der Waals surface area contributed by atoms with Crippen molar-refractivity contribution in [3.05, 3.63) is 27.1 Å². The van der Waals surface area contributed by atoms with Crippen LogP contribution in [0.25, 0.3) is 0 Å². The van der Waals surface area contributed by atoms with Gasteiger partial charge in [-0.15, -0.1) is 0 Å². The molecular formula is C11H14BrN3O3. The third kappa shape index (κ3) is 2.91. The van der Waals surface area contributed by atoms with Gasteiger partial charge in [-0.2, -0.15) is 0 Å². The quantitative estimate of drug-likeness (QED) is 0.836. The molecule has 98 valence electrons. The number of anilines is 1. The third-order valence-corrected chi connectivity index (χ3v) is 3.31. The van der Waals surface area contributed by atoms with E-state index < -0.39 is 0 Å². The van der Waals surface area contributed by atoms with Gasteiger partial charge in [-0.25, -0.2) is 0 Å². The average Bonchev–Trinajstić information content (AvgIpc) is 2.37. The highest BCUT2D eigenvalue weighted by molar-refractivity contribution is 9.10. The van der Waals surface area contributed by atoms with E-state index in [-0.39, 0.29) is 23.6 Å². The Morgan fingerprint density at radius 2 is 2.06 bits per heavy atom. The molecule has 1 amide bonds. The van der Waals surface area contributed by atoms with Crippen LogP contribution in [0.4, 0.5) is 5.69 Å². The van der Waals surface area contributed by atoms with Crippen LogP contribution in [-0.2, 0) is 16.1 Å². The van der Waals surface area contributed by atoms with E-state index in [4.69, 9.17) is 10.5 Å². The van der Waals surface area contributed by atoms with Crippen LogP contribution < -0.4 is 11.2 Å². The number of nitrogen functional groups attached to an aromatic ring is 1. The van der Waals surface area contributed by atoms with Gasteiger partial charge in [0.05, 0.1) is 23.4 Å². The van der Waals surface area contributed by atoms with Crippen molar-refractivity contribution in [2.45, 2.75) is 6.54 Å². The number of nitrogens with zero attached hydrogens (tertiary/aromatic N) is 2. The van der Waals surface area contributed by atoms with Crippen molar-refractivity contribution in [1.82, 2.24) is 9.47 Å². The number of halogens is 1. The first-order valence-electron chi connectivity index (χ1n) is 5.58. The molecule has 1 aromatic rings. The van der Waals surface area contributed by atoms with Gasteiger partial charge in [0.2, 0.25) is 11.3 Å². The van der Waals surface area contributed by atoms with Crippen LogP contribution in [0, 0.1) is 0 Å². The Kier molecular flexibility index (Phi) is 4.03. The van der Waals surface area contributed by atoms with Gasteiger partial charge in [0.15, 0.2) is 0 Å². The molecule has 1 aromatic heterocycles. The smallest absolute Gasteiger partial charge is 0.242 e. The highest BCUT2D eigenvalue weighted by Gasteiger charge is 2.17. The molecule has 0 bridgehead atoms. The zero-order chi connectivity index (χ0) is 13.1. The van der Waals surface area contributed by atoms with Crippen molar-refractivity contribution in [3.63, 3.8) is 0 Å². The summed E-state index contributed by atoms with van der Waals surface area (Å²) < 4.78 is 7.15.